The van der Waals surface area contributed by atoms with Gasteiger partial charge < -0.3 is 19.5 Å². The van der Waals surface area contributed by atoms with E-state index in [9.17, 15) is 9.59 Å². The van der Waals surface area contributed by atoms with Crippen LogP contribution in [0.2, 0.25) is 0 Å². The lowest BCUT2D eigenvalue weighted by Crippen LogP contribution is -2.43. The van der Waals surface area contributed by atoms with Crippen molar-refractivity contribution in [2.45, 2.75) is 38.4 Å². The molecule has 1 N–H and O–H groups in total. The van der Waals surface area contributed by atoms with Gasteiger partial charge in [0.15, 0.2) is 11.5 Å². The van der Waals surface area contributed by atoms with Crippen LogP contribution in [0.3, 0.4) is 0 Å². The number of ether oxygens (including phenoxy) is 3. The van der Waals surface area contributed by atoms with Crippen LogP contribution >= 0.6 is 11.8 Å². The van der Waals surface area contributed by atoms with Gasteiger partial charge in [-0.15, -0.1) is 11.8 Å². The quantitative estimate of drug-likeness (QED) is 0.442. The van der Waals surface area contributed by atoms with Crippen LogP contribution in [0.5, 0.6) is 11.5 Å². The minimum absolute atomic E-state index is 0.120. The molecule has 0 spiro atoms. The number of carbonyl (C=O) groups excluding carboxylic acids is 2. The molecule has 0 saturated carbocycles. The number of benzene rings is 2. The first-order valence-corrected chi connectivity index (χ1v) is 14.0. The first-order chi connectivity index (χ1) is 18.7. The summed E-state index contributed by atoms with van der Waals surface area (Å²) in [6.07, 6.45) is 0. The molecular weight excluding hydrogens is 516 g/mol. The molecule has 0 aliphatic carbocycles. The fraction of sp³-hybridized carbons (Fsp3) is 0.414. The number of aromatic nitrogens is 2. The highest BCUT2D eigenvalue weighted by molar-refractivity contribution is 8.00. The van der Waals surface area contributed by atoms with Crippen molar-refractivity contribution in [3.63, 3.8) is 0 Å². The first kappa shape index (κ1) is 27.1. The summed E-state index contributed by atoms with van der Waals surface area (Å²) in [5, 5.41) is 7.77. The van der Waals surface area contributed by atoms with Gasteiger partial charge in [-0.25, -0.2) is 4.68 Å². The number of nitrogens with one attached hydrogen (secondary N) is 1. The van der Waals surface area contributed by atoms with Gasteiger partial charge in [-0.3, -0.25) is 14.5 Å². The van der Waals surface area contributed by atoms with Gasteiger partial charge in [-0.2, -0.15) is 5.10 Å². The second-order valence-corrected chi connectivity index (χ2v) is 11.8. The summed E-state index contributed by atoms with van der Waals surface area (Å²) >= 11 is 1.54. The SMILES string of the molecule is COCCNC(=O)CN1C(=O)CS[C@H](c2ccc3c(c2)OCO3)c2c(C(C)(C)C)nn(-c3cccc(C)c3)c21. The molecule has 3 heterocycles. The second-order valence-electron chi connectivity index (χ2n) is 10.7. The van der Waals surface area contributed by atoms with Crippen LogP contribution in [0.25, 0.3) is 5.69 Å². The average molecular weight is 551 g/mol. The van der Waals surface area contributed by atoms with Gasteiger partial charge >= 0.3 is 0 Å². The summed E-state index contributed by atoms with van der Waals surface area (Å²) in [6.45, 7) is 9.19. The molecule has 0 bridgehead atoms. The van der Waals surface area contributed by atoms with E-state index < -0.39 is 0 Å². The molecule has 0 unspecified atom stereocenters. The topological polar surface area (TPSA) is 94.9 Å². The van der Waals surface area contributed by atoms with Gasteiger partial charge in [0.05, 0.1) is 29.0 Å². The van der Waals surface area contributed by atoms with Crippen LogP contribution in [0.1, 0.15) is 48.4 Å². The van der Waals surface area contributed by atoms with E-state index in [0.717, 1.165) is 28.1 Å². The first-order valence-electron chi connectivity index (χ1n) is 12.9. The van der Waals surface area contributed by atoms with Gasteiger partial charge in [0.1, 0.15) is 12.4 Å². The Balaban J connectivity index is 1.71. The summed E-state index contributed by atoms with van der Waals surface area (Å²) in [5.74, 6) is 1.80. The van der Waals surface area contributed by atoms with E-state index in [1.165, 1.54) is 11.8 Å². The molecule has 0 saturated heterocycles. The Morgan fingerprint density at radius 3 is 2.72 bits per heavy atom. The maximum absolute atomic E-state index is 13.7. The Hall–Kier alpha value is -3.50. The van der Waals surface area contributed by atoms with Crippen molar-refractivity contribution in [3.05, 3.63) is 64.8 Å². The Labute approximate surface area is 232 Å². The molecule has 39 heavy (non-hydrogen) atoms. The largest absolute Gasteiger partial charge is 0.454 e. The number of rotatable bonds is 7. The maximum Gasteiger partial charge on any atom is 0.240 e. The minimum Gasteiger partial charge on any atom is -0.454 e. The minimum atomic E-state index is -0.339. The number of thioether (sulfide) groups is 1. The van der Waals surface area contributed by atoms with Crippen LogP contribution in [-0.2, 0) is 19.7 Å². The molecule has 0 radical (unpaired) electrons. The molecule has 1 aromatic heterocycles. The summed E-state index contributed by atoms with van der Waals surface area (Å²) < 4.78 is 18.1. The molecular formula is C29H34N4O5S. The van der Waals surface area contributed by atoms with Gasteiger partial charge in [0.2, 0.25) is 18.6 Å². The Morgan fingerprint density at radius 1 is 1.18 bits per heavy atom. The molecule has 5 rings (SSSR count). The van der Waals surface area contributed by atoms with Gasteiger partial charge in [0, 0.05) is 24.6 Å². The number of carbonyl (C=O) groups is 2. The van der Waals surface area contributed by atoms with Crippen molar-refractivity contribution in [2.75, 3.05) is 44.3 Å². The van der Waals surface area contributed by atoms with Gasteiger partial charge in [0.25, 0.3) is 0 Å². The van der Waals surface area contributed by atoms with Crippen molar-refractivity contribution in [3.8, 4) is 17.2 Å². The standard InChI is InChI=1S/C29H34N4O5S/c1-18-7-6-8-20(13-18)33-28-25(27(31-33)29(2,3)4)26(19-9-10-21-22(14-19)38-17-37-21)39-16-24(35)32(28)15-23(34)30-11-12-36-5/h6-10,13-14,26H,11-12,15-17H2,1-5H3,(H,30,34)/t26-/m1/s1. The summed E-state index contributed by atoms with van der Waals surface area (Å²) in [4.78, 5) is 28.3. The summed E-state index contributed by atoms with van der Waals surface area (Å²) in [7, 11) is 1.58. The molecule has 2 aromatic carbocycles. The third-order valence-corrected chi connectivity index (χ3v) is 7.93. The normalized spacial score (nSPS) is 16.7. The fourth-order valence-electron chi connectivity index (χ4n) is 4.84. The van der Waals surface area contributed by atoms with Crippen LogP contribution in [0.15, 0.2) is 42.5 Å². The van der Waals surface area contributed by atoms with Gasteiger partial charge in [-0.05, 0) is 42.3 Å². The molecule has 206 valence electrons. The zero-order valence-corrected chi connectivity index (χ0v) is 23.8. The lowest BCUT2D eigenvalue weighted by molar-refractivity contribution is -0.123. The zero-order chi connectivity index (χ0) is 27.7. The van der Waals surface area contributed by atoms with E-state index in [4.69, 9.17) is 19.3 Å². The predicted molar refractivity (Wildman–Crippen MR) is 151 cm³/mol. The van der Waals surface area contributed by atoms with E-state index in [1.807, 2.05) is 54.1 Å². The lowest BCUT2D eigenvalue weighted by atomic mass is 9.87. The van der Waals surface area contributed by atoms with Crippen LogP contribution < -0.4 is 19.7 Å². The summed E-state index contributed by atoms with van der Waals surface area (Å²) in [6, 6.07) is 13.9. The molecule has 2 aliphatic rings. The molecule has 1 atom stereocenters. The van der Waals surface area contributed by atoms with E-state index in [-0.39, 0.29) is 41.6 Å². The van der Waals surface area contributed by atoms with Gasteiger partial charge in [-0.1, -0.05) is 39.0 Å². The monoisotopic (exact) mass is 550 g/mol. The summed E-state index contributed by atoms with van der Waals surface area (Å²) in [5.41, 5.74) is 4.33. The second kappa shape index (κ2) is 10.9. The van der Waals surface area contributed by atoms with Crippen molar-refractivity contribution >= 4 is 29.4 Å². The number of amides is 2. The molecule has 2 aliphatic heterocycles. The Kier molecular flexibility index (Phi) is 7.59. The molecule has 2 amide bonds. The number of anilines is 1. The van der Waals surface area contributed by atoms with Crippen LogP contribution in [0.4, 0.5) is 5.82 Å². The number of nitrogens with zero attached hydrogens (tertiary/aromatic N) is 3. The van der Waals surface area contributed by atoms with E-state index >= 15 is 0 Å². The van der Waals surface area contributed by atoms with E-state index in [0.29, 0.717) is 30.5 Å². The van der Waals surface area contributed by atoms with Crippen molar-refractivity contribution in [2.24, 2.45) is 0 Å². The fourth-order valence-corrected chi connectivity index (χ4v) is 6.03. The maximum atomic E-state index is 13.7. The molecule has 3 aromatic rings. The number of hydrogen-bond donors (Lipinski definition) is 1. The lowest BCUT2D eigenvalue weighted by Gasteiger charge is -2.24. The average Bonchev–Trinajstić information content (AvgIpc) is 3.49. The third-order valence-electron chi connectivity index (χ3n) is 6.68. The molecule has 9 nitrogen and oxygen atoms in total. The number of methoxy groups -OCH3 is 1. The van der Waals surface area contributed by atoms with Crippen LogP contribution in [0, 0.1) is 6.92 Å². The van der Waals surface area contributed by atoms with Crippen LogP contribution in [-0.4, -0.2) is 60.9 Å². The Bertz CT molecular complexity index is 1400. The van der Waals surface area contributed by atoms with E-state index in [2.05, 4.69) is 26.1 Å². The Morgan fingerprint density at radius 2 is 1.97 bits per heavy atom. The van der Waals surface area contributed by atoms with Crippen molar-refractivity contribution < 1.29 is 23.8 Å². The number of fused-ring (bicyclic) bond motifs is 2. The molecule has 10 heteroatoms. The number of aryl methyl sites for hydroxylation is 1. The molecule has 0 fully saturated rings. The smallest absolute Gasteiger partial charge is 0.240 e. The van der Waals surface area contributed by atoms with E-state index in [1.54, 1.807) is 12.0 Å². The highest BCUT2D eigenvalue weighted by Gasteiger charge is 2.40. The zero-order valence-electron chi connectivity index (χ0n) is 22.9. The highest BCUT2D eigenvalue weighted by Crippen LogP contribution is 2.49. The number of hydrogen-bond acceptors (Lipinski definition) is 7. The van der Waals surface area contributed by atoms with Crippen molar-refractivity contribution in [1.29, 1.82) is 0 Å². The third kappa shape index (κ3) is 5.49. The predicted octanol–water partition coefficient (Wildman–Crippen LogP) is 4.14. The van der Waals surface area contributed by atoms with Crippen molar-refractivity contribution in [1.82, 2.24) is 15.1 Å². The highest BCUT2D eigenvalue weighted by atomic mass is 32.2.